The minimum atomic E-state index is -3.55. The molecule has 1 aliphatic rings. The lowest BCUT2D eigenvalue weighted by molar-refractivity contribution is 0.0697. The van der Waals surface area contributed by atoms with Crippen LogP contribution in [0.15, 0.2) is 52.0 Å². The topological polar surface area (TPSA) is 70.6 Å². The van der Waals surface area contributed by atoms with Crippen LogP contribution in [0, 0.1) is 6.92 Å². The number of nitrogens with zero attached hydrogens (tertiary/aromatic N) is 3. The van der Waals surface area contributed by atoms with Gasteiger partial charge in [-0.05, 0) is 37.3 Å². The summed E-state index contributed by atoms with van der Waals surface area (Å²) in [7, 11) is -3.55. The van der Waals surface area contributed by atoms with E-state index in [-0.39, 0.29) is 23.9 Å². The van der Waals surface area contributed by atoms with Gasteiger partial charge in [-0.3, -0.25) is 9.78 Å². The number of hydrogen-bond acceptors (Lipinski definition) is 4. The molecule has 0 radical (unpaired) electrons. The van der Waals surface area contributed by atoms with E-state index < -0.39 is 10.0 Å². The van der Waals surface area contributed by atoms with Gasteiger partial charge in [0.2, 0.25) is 10.0 Å². The average Bonchev–Trinajstić information content (AvgIpc) is 2.62. The number of benzene rings is 1. The number of aryl methyl sites for hydroxylation is 1. The van der Waals surface area contributed by atoms with Crippen LogP contribution in [0.2, 0.25) is 0 Å². The molecular formula is C17H18BrN3O3S. The van der Waals surface area contributed by atoms with Gasteiger partial charge in [-0.2, -0.15) is 4.31 Å². The van der Waals surface area contributed by atoms with E-state index in [2.05, 4.69) is 20.9 Å². The number of aromatic nitrogens is 1. The zero-order chi connectivity index (χ0) is 18.0. The Labute approximate surface area is 155 Å². The Morgan fingerprint density at radius 2 is 1.84 bits per heavy atom. The molecule has 1 aromatic carbocycles. The second kappa shape index (κ2) is 7.23. The Morgan fingerprint density at radius 3 is 2.44 bits per heavy atom. The van der Waals surface area contributed by atoms with Crippen LogP contribution in [0.3, 0.4) is 0 Å². The first-order chi connectivity index (χ1) is 11.9. The molecule has 132 valence electrons. The normalized spacial score (nSPS) is 16.0. The Kier molecular flexibility index (Phi) is 5.21. The number of hydrogen-bond donors (Lipinski definition) is 0. The first-order valence-electron chi connectivity index (χ1n) is 7.85. The Hall–Kier alpha value is -1.77. The second-order valence-corrected chi connectivity index (χ2v) is 8.70. The van der Waals surface area contributed by atoms with Gasteiger partial charge < -0.3 is 4.90 Å². The molecule has 0 spiro atoms. The van der Waals surface area contributed by atoms with Crippen molar-refractivity contribution >= 4 is 31.9 Å². The summed E-state index contributed by atoms with van der Waals surface area (Å²) >= 11 is 3.30. The van der Waals surface area contributed by atoms with Crippen LogP contribution >= 0.6 is 15.9 Å². The van der Waals surface area contributed by atoms with Crippen molar-refractivity contribution in [1.29, 1.82) is 0 Å². The highest BCUT2D eigenvalue weighted by Gasteiger charge is 2.30. The highest BCUT2D eigenvalue weighted by atomic mass is 79.9. The lowest BCUT2D eigenvalue weighted by atomic mass is 10.2. The highest BCUT2D eigenvalue weighted by molar-refractivity contribution is 9.10. The van der Waals surface area contributed by atoms with Crippen molar-refractivity contribution in [3.63, 3.8) is 0 Å². The summed E-state index contributed by atoms with van der Waals surface area (Å²) < 4.78 is 27.6. The zero-order valence-corrected chi connectivity index (χ0v) is 16.1. The molecule has 1 fully saturated rings. The second-order valence-electron chi connectivity index (χ2n) is 5.84. The lowest BCUT2D eigenvalue weighted by Gasteiger charge is -2.34. The third-order valence-electron chi connectivity index (χ3n) is 4.12. The number of halogens is 1. The van der Waals surface area contributed by atoms with Crippen molar-refractivity contribution in [2.75, 3.05) is 26.2 Å². The van der Waals surface area contributed by atoms with Crippen LogP contribution in [-0.4, -0.2) is 54.7 Å². The van der Waals surface area contributed by atoms with Gasteiger partial charge in [0, 0.05) is 42.5 Å². The maximum Gasteiger partial charge on any atom is 0.255 e. The summed E-state index contributed by atoms with van der Waals surface area (Å²) in [6.07, 6.45) is 1.56. The molecule has 1 aliphatic heterocycles. The number of amides is 1. The number of carbonyl (C=O) groups is 1. The van der Waals surface area contributed by atoms with Crippen molar-refractivity contribution in [3.8, 4) is 0 Å². The molecule has 3 rings (SSSR count). The maximum absolute atomic E-state index is 12.7. The van der Waals surface area contributed by atoms with Gasteiger partial charge in [-0.25, -0.2) is 8.42 Å². The van der Waals surface area contributed by atoms with E-state index in [1.54, 1.807) is 47.5 Å². The van der Waals surface area contributed by atoms with Gasteiger partial charge in [0.25, 0.3) is 5.91 Å². The smallest absolute Gasteiger partial charge is 0.255 e. The third-order valence-corrected chi connectivity index (χ3v) is 6.51. The predicted octanol–water partition coefficient (Wildman–Crippen LogP) is 2.30. The van der Waals surface area contributed by atoms with E-state index >= 15 is 0 Å². The van der Waals surface area contributed by atoms with E-state index in [0.717, 1.165) is 5.69 Å². The zero-order valence-electron chi connectivity index (χ0n) is 13.7. The highest BCUT2D eigenvalue weighted by Crippen LogP contribution is 2.21. The van der Waals surface area contributed by atoms with Crippen LogP contribution in [0.5, 0.6) is 0 Å². The minimum Gasteiger partial charge on any atom is -0.336 e. The largest absolute Gasteiger partial charge is 0.336 e. The molecule has 2 heterocycles. The number of pyridine rings is 1. The molecule has 0 N–H and O–H groups in total. The molecule has 0 aliphatic carbocycles. The molecule has 2 aromatic rings. The van der Waals surface area contributed by atoms with Gasteiger partial charge >= 0.3 is 0 Å². The van der Waals surface area contributed by atoms with Crippen LogP contribution in [0.4, 0.5) is 0 Å². The summed E-state index contributed by atoms with van der Waals surface area (Å²) in [5, 5.41) is 0. The third kappa shape index (κ3) is 3.91. The molecule has 0 unspecified atom stereocenters. The summed E-state index contributed by atoms with van der Waals surface area (Å²) in [5.74, 6) is -0.119. The van der Waals surface area contributed by atoms with E-state index in [9.17, 15) is 13.2 Å². The van der Waals surface area contributed by atoms with Crippen LogP contribution in [0.25, 0.3) is 0 Å². The number of rotatable bonds is 3. The predicted molar refractivity (Wildman–Crippen MR) is 97.8 cm³/mol. The van der Waals surface area contributed by atoms with E-state index in [1.165, 1.54) is 4.31 Å². The summed E-state index contributed by atoms with van der Waals surface area (Å²) in [6.45, 7) is 3.14. The van der Waals surface area contributed by atoms with Crippen molar-refractivity contribution in [1.82, 2.24) is 14.2 Å². The van der Waals surface area contributed by atoms with Gasteiger partial charge in [-0.1, -0.05) is 22.0 Å². The standard InChI is InChI=1S/C17H18BrN3O3S/c1-13-5-6-14(12-19-13)17(22)20-7-9-21(10-8-20)25(23,24)16-4-2-3-15(18)11-16/h2-6,11-12H,7-10H2,1H3. The molecule has 6 nitrogen and oxygen atoms in total. The Bertz CT molecular complexity index is 876. The molecule has 0 atom stereocenters. The van der Waals surface area contributed by atoms with Gasteiger partial charge in [0.1, 0.15) is 0 Å². The van der Waals surface area contributed by atoms with E-state index in [1.807, 2.05) is 6.92 Å². The summed E-state index contributed by atoms with van der Waals surface area (Å²) in [6, 6.07) is 10.2. The first-order valence-corrected chi connectivity index (χ1v) is 10.1. The monoisotopic (exact) mass is 423 g/mol. The Morgan fingerprint density at radius 1 is 1.12 bits per heavy atom. The van der Waals surface area contributed by atoms with Crippen molar-refractivity contribution < 1.29 is 13.2 Å². The SMILES string of the molecule is Cc1ccc(C(=O)N2CCN(S(=O)(=O)c3cccc(Br)c3)CC2)cn1. The molecule has 25 heavy (non-hydrogen) atoms. The van der Waals surface area contributed by atoms with Crippen LogP contribution in [-0.2, 0) is 10.0 Å². The maximum atomic E-state index is 12.7. The molecule has 0 bridgehead atoms. The summed E-state index contributed by atoms with van der Waals surface area (Å²) in [5.41, 5.74) is 1.37. The van der Waals surface area contributed by atoms with Crippen molar-refractivity contribution in [3.05, 3.63) is 58.3 Å². The van der Waals surface area contributed by atoms with E-state index in [0.29, 0.717) is 23.1 Å². The summed E-state index contributed by atoms with van der Waals surface area (Å²) in [4.78, 5) is 18.6. The molecule has 1 aromatic heterocycles. The first kappa shape index (κ1) is 18.0. The van der Waals surface area contributed by atoms with E-state index in [4.69, 9.17) is 0 Å². The van der Waals surface area contributed by atoms with Gasteiger partial charge in [-0.15, -0.1) is 0 Å². The number of carbonyl (C=O) groups excluding carboxylic acids is 1. The van der Waals surface area contributed by atoms with Crippen molar-refractivity contribution in [2.45, 2.75) is 11.8 Å². The van der Waals surface area contributed by atoms with Crippen LogP contribution in [0.1, 0.15) is 16.1 Å². The molecule has 1 saturated heterocycles. The molecule has 0 saturated carbocycles. The number of piperazine rings is 1. The van der Waals surface area contributed by atoms with Crippen molar-refractivity contribution in [2.24, 2.45) is 0 Å². The molecular weight excluding hydrogens is 406 g/mol. The average molecular weight is 424 g/mol. The number of sulfonamides is 1. The molecule has 1 amide bonds. The van der Waals surface area contributed by atoms with Crippen LogP contribution < -0.4 is 0 Å². The molecule has 8 heteroatoms. The quantitative estimate of drug-likeness (QED) is 0.758. The van der Waals surface area contributed by atoms with Gasteiger partial charge in [0.15, 0.2) is 0 Å². The fourth-order valence-corrected chi connectivity index (χ4v) is 4.70. The lowest BCUT2D eigenvalue weighted by Crippen LogP contribution is -2.50. The Balaban J connectivity index is 1.69. The minimum absolute atomic E-state index is 0.119. The fourth-order valence-electron chi connectivity index (χ4n) is 2.68. The van der Waals surface area contributed by atoms with Gasteiger partial charge in [0.05, 0.1) is 10.5 Å². The fraction of sp³-hybridized carbons (Fsp3) is 0.294.